The van der Waals surface area contributed by atoms with Gasteiger partial charge in [-0.15, -0.1) is 0 Å². The fraction of sp³-hybridized carbons (Fsp3) is 0.235. The van der Waals surface area contributed by atoms with Crippen molar-refractivity contribution in [2.45, 2.75) is 26.7 Å². The Labute approximate surface area is 108 Å². The summed E-state index contributed by atoms with van der Waals surface area (Å²) in [5.41, 5.74) is 7.66. The first-order valence-corrected chi connectivity index (χ1v) is 6.46. The van der Waals surface area contributed by atoms with Gasteiger partial charge in [-0.3, -0.25) is 0 Å². The summed E-state index contributed by atoms with van der Waals surface area (Å²) in [6.45, 7) is 4.32. The van der Waals surface area contributed by atoms with E-state index in [2.05, 4.69) is 56.4 Å². The van der Waals surface area contributed by atoms with Crippen molar-refractivity contribution in [3.8, 4) is 0 Å². The third kappa shape index (κ3) is 1.86. The molecule has 18 heavy (non-hydrogen) atoms. The molecule has 0 spiro atoms. The third-order valence-electron chi connectivity index (χ3n) is 3.70. The molecule has 0 amide bonds. The van der Waals surface area contributed by atoms with Crippen molar-refractivity contribution in [3.63, 3.8) is 0 Å². The lowest BCUT2D eigenvalue weighted by Gasteiger charge is -2.08. The maximum absolute atomic E-state index is 4.84. The van der Waals surface area contributed by atoms with Gasteiger partial charge in [0.15, 0.2) is 0 Å². The van der Waals surface area contributed by atoms with E-state index in [1.165, 1.54) is 22.3 Å². The molecular weight excluding hydrogens is 218 g/mol. The summed E-state index contributed by atoms with van der Waals surface area (Å²) in [7, 11) is 0. The van der Waals surface area contributed by atoms with E-state index in [1.54, 1.807) is 0 Å². The first-order valence-electron chi connectivity index (χ1n) is 6.46. The quantitative estimate of drug-likeness (QED) is 0.733. The van der Waals surface area contributed by atoms with Gasteiger partial charge >= 0.3 is 0 Å². The van der Waals surface area contributed by atoms with Crippen molar-refractivity contribution in [1.82, 2.24) is 4.98 Å². The number of rotatable bonds is 2. The molecule has 3 rings (SSSR count). The van der Waals surface area contributed by atoms with Gasteiger partial charge in [0.2, 0.25) is 0 Å². The van der Waals surface area contributed by atoms with Crippen LogP contribution in [0.15, 0.2) is 53.6 Å². The zero-order valence-corrected chi connectivity index (χ0v) is 10.9. The van der Waals surface area contributed by atoms with Crippen molar-refractivity contribution in [3.05, 3.63) is 65.0 Å². The first kappa shape index (κ1) is 11.2. The van der Waals surface area contributed by atoms with Gasteiger partial charge in [0.25, 0.3) is 0 Å². The van der Waals surface area contributed by atoms with Gasteiger partial charge in [-0.25, -0.2) is 4.98 Å². The van der Waals surface area contributed by atoms with Crippen LogP contribution in [0.3, 0.4) is 0 Å². The molecule has 0 aromatic carbocycles. The minimum atomic E-state index is 1.01. The second kappa shape index (κ2) is 4.41. The Morgan fingerprint density at radius 2 is 1.33 bits per heavy atom. The molecule has 0 saturated heterocycles. The van der Waals surface area contributed by atoms with Crippen molar-refractivity contribution in [2.24, 2.45) is 0 Å². The zero-order valence-electron chi connectivity index (χ0n) is 10.9. The van der Waals surface area contributed by atoms with E-state index in [0.29, 0.717) is 0 Å². The maximum Gasteiger partial charge on any atom is 0.0674 e. The van der Waals surface area contributed by atoms with E-state index < -0.39 is 0 Å². The predicted molar refractivity (Wildman–Crippen MR) is 76.9 cm³/mol. The van der Waals surface area contributed by atoms with Crippen LogP contribution < -0.4 is 0 Å². The number of aromatic nitrogens is 1. The van der Waals surface area contributed by atoms with E-state index in [1.807, 2.05) is 0 Å². The van der Waals surface area contributed by atoms with Crippen LogP contribution in [0, 0.1) is 0 Å². The minimum Gasteiger partial charge on any atom is -0.248 e. The predicted octanol–water partition coefficient (Wildman–Crippen LogP) is 4.55. The zero-order chi connectivity index (χ0) is 12.5. The molecule has 0 N–H and O–H groups in total. The van der Waals surface area contributed by atoms with Crippen molar-refractivity contribution in [1.29, 1.82) is 0 Å². The molecule has 2 aliphatic carbocycles. The molecule has 2 aliphatic rings. The number of hydrogen-bond donors (Lipinski definition) is 0. The van der Waals surface area contributed by atoms with Crippen LogP contribution in [0.25, 0.3) is 11.1 Å². The molecule has 0 atom stereocenters. The Hall–Kier alpha value is -1.89. The fourth-order valence-corrected chi connectivity index (χ4v) is 2.61. The van der Waals surface area contributed by atoms with Gasteiger partial charge in [-0.2, -0.15) is 0 Å². The molecule has 1 heteroatoms. The van der Waals surface area contributed by atoms with Crippen LogP contribution in [0.5, 0.6) is 0 Å². The van der Waals surface area contributed by atoms with Crippen LogP contribution in [-0.2, 0) is 0 Å². The van der Waals surface area contributed by atoms with Crippen LogP contribution in [0.2, 0.25) is 0 Å². The molecule has 0 bridgehead atoms. The van der Waals surface area contributed by atoms with E-state index in [9.17, 15) is 0 Å². The lowest BCUT2D eigenvalue weighted by Crippen LogP contribution is -1.94. The molecule has 0 unspecified atom stereocenters. The van der Waals surface area contributed by atoms with Crippen LogP contribution in [0.1, 0.15) is 38.1 Å². The van der Waals surface area contributed by atoms with E-state index in [0.717, 1.165) is 24.2 Å². The summed E-state index contributed by atoms with van der Waals surface area (Å²) >= 11 is 0. The van der Waals surface area contributed by atoms with E-state index in [4.69, 9.17) is 4.98 Å². The molecule has 1 aromatic heterocycles. The summed E-state index contributed by atoms with van der Waals surface area (Å²) in [6, 6.07) is 6.36. The Bertz CT molecular complexity index is 561. The molecule has 1 heterocycles. The molecule has 1 aromatic rings. The Morgan fingerprint density at radius 3 is 1.72 bits per heavy atom. The van der Waals surface area contributed by atoms with Gasteiger partial charge in [-0.1, -0.05) is 30.4 Å². The van der Waals surface area contributed by atoms with Gasteiger partial charge in [0.1, 0.15) is 0 Å². The normalized spacial score (nSPS) is 18.3. The molecule has 90 valence electrons. The topological polar surface area (TPSA) is 12.9 Å². The van der Waals surface area contributed by atoms with Crippen LogP contribution in [0.4, 0.5) is 0 Å². The highest BCUT2D eigenvalue weighted by molar-refractivity contribution is 5.76. The van der Waals surface area contributed by atoms with Crippen molar-refractivity contribution < 1.29 is 0 Å². The summed E-state index contributed by atoms with van der Waals surface area (Å²) < 4.78 is 0. The fourth-order valence-electron chi connectivity index (χ4n) is 2.61. The van der Waals surface area contributed by atoms with Crippen molar-refractivity contribution in [2.75, 3.05) is 0 Å². The average molecular weight is 235 g/mol. The van der Waals surface area contributed by atoms with Crippen LogP contribution in [-0.4, -0.2) is 4.98 Å². The first-order chi connectivity index (χ1) is 8.75. The Kier molecular flexibility index (Phi) is 2.75. The summed E-state index contributed by atoms with van der Waals surface area (Å²) in [6.07, 6.45) is 10.8. The average Bonchev–Trinajstić information content (AvgIpc) is 2.98. The number of hydrogen-bond acceptors (Lipinski definition) is 1. The standard InChI is InChI=1S/C17H17N/c1-12-6-3-8-14(12)16-10-5-11-17(18-16)15-9-4-7-13(15)2/h3-7,10-11H,8-9H2,1-2H3. The second-order valence-electron chi connectivity index (χ2n) is 4.94. The lowest BCUT2D eigenvalue weighted by atomic mass is 10.0. The van der Waals surface area contributed by atoms with Crippen LogP contribution >= 0.6 is 0 Å². The third-order valence-corrected chi connectivity index (χ3v) is 3.70. The molecule has 0 radical (unpaired) electrons. The monoisotopic (exact) mass is 235 g/mol. The summed E-state index contributed by atoms with van der Waals surface area (Å²) in [5.74, 6) is 0. The molecule has 0 fully saturated rings. The maximum atomic E-state index is 4.84. The highest BCUT2D eigenvalue weighted by Gasteiger charge is 2.13. The largest absolute Gasteiger partial charge is 0.248 e. The molecule has 1 nitrogen and oxygen atoms in total. The molecular formula is C17H17N. The smallest absolute Gasteiger partial charge is 0.0674 e. The molecule has 0 saturated carbocycles. The number of allylic oxidation sites excluding steroid dienone is 8. The highest BCUT2D eigenvalue weighted by atomic mass is 14.7. The SMILES string of the molecule is CC1=C(c2cccc(C3=C(C)C=CC3)n2)CC=C1. The second-order valence-corrected chi connectivity index (χ2v) is 4.94. The van der Waals surface area contributed by atoms with Crippen molar-refractivity contribution >= 4 is 11.1 Å². The minimum absolute atomic E-state index is 1.01. The molecule has 0 aliphatic heterocycles. The summed E-state index contributed by atoms with van der Waals surface area (Å²) in [5, 5.41) is 0. The van der Waals surface area contributed by atoms with Gasteiger partial charge < -0.3 is 0 Å². The lowest BCUT2D eigenvalue weighted by molar-refractivity contribution is 1.18. The number of pyridine rings is 1. The van der Waals surface area contributed by atoms with E-state index in [-0.39, 0.29) is 0 Å². The van der Waals surface area contributed by atoms with E-state index >= 15 is 0 Å². The Balaban J connectivity index is 2.01. The Morgan fingerprint density at radius 1 is 0.833 bits per heavy atom. The van der Waals surface area contributed by atoms with Gasteiger partial charge in [-0.05, 0) is 61.1 Å². The highest BCUT2D eigenvalue weighted by Crippen LogP contribution is 2.31. The summed E-state index contributed by atoms with van der Waals surface area (Å²) in [4.78, 5) is 4.84. The van der Waals surface area contributed by atoms with Gasteiger partial charge in [0.05, 0.1) is 11.4 Å². The van der Waals surface area contributed by atoms with Gasteiger partial charge in [0, 0.05) is 0 Å². The number of nitrogens with zero attached hydrogens (tertiary/aromatic N) is 1.